The molecular formula is C26H57NO6S. The number of carboxylic acids is 1. The van der Waals surface area contributed by atoms with Crippen LogP contribution < -0.4 is 5.73 Å². The van der Waals surface area contributed by atoms with E-state index in [1.807, 2.05) is 0 Å². The molecule has 0 rings (SSSR count). The summed E-state index contributed by atoms with van der Waals surface area (Å²) in [5.41, 5.74) is 5.16. The topological polar surface area (TPSA) is 138 Å². The molecule has 0 aliphatic rings. The summed E-state index contributed by atoms with van der Waals surface area (Å²) in [7, 11) is -3.67. The van der Waals surface area contributed by atoms with E-state index in [0.717, 1.165) is 12.8 Å². The standard InChI is InChI=1S/C20H42O.C5H11NO2.CH4O3S/c1-3-5-7-9-11-12-13-15-17-19-20(21)18-16-14-10-8-6-4-2;1-3(2)4(6)5(7)8;1-5(2,3)4/h20-21H,3-19H2,1-2H3;3-4H,6H2,1-2H3,(H,7,8);1H3,(H,2,3,4)/t;4-;/m.0./s1. The highest BCUT2D eigenvalue weighted by atomic mass is 32.2. The zero-order chi connectivity index (χ0) is 26.8. The zero-order valence-corrected chi connectivity index (χ0v) is 23.6. The lowest BCUT2D eigenvalue weighted by Gasteiger charge is -2.10. The van der Waals surface area contributed by atoms with Crippen LogP contribution in [0.1, 0.15) is 137 Å². The zero-order valence-electron chi connectivity index (χ0n) is 22.8. The van der Waals surface area contributed by atoms with E-state index in [1.165, 1.54) is 96.3 Å². The Morgan fingerprint density at radius 3 is 1.21 bits per heavy atom. The van der Waals surface area contributed by atoms with Gasteiger partial charge in [0, 0.05) is 0 Å². The molecule has 0 bridgehead atoms. The molecule has 208 valence electrons. The minimum atomic E-state index is -3.67. The maximum atomic E-state index is 10.0. The molecule has 0 aromatic rings. The molecule has 0 amide bonds. The van der Waals surface area contributed by atoms with E-state index in [0.29, 0.717) is 6.26 Å². The summed E-state index contributed by atoms with van der Waals surface area (Å²) < 4.78 is 25.9. The third-order valence-electron chi connectivity index (χ3n) is 5.54. The number of aliphatic hydroxyl groups excluding tert-OH is 1. The van der Waals surface area contributed by atoms with Gasteiger partial charge in [-0.25, -0.2) is 0 Å². The van der Waals surface area contributed by atoms with E-state index >= 15 is 0 Å². The number of carboxylic acid groups (broad SMARTS) is 1. The number of carbonyl (C=O) groups is 1. The fourth-order valence-corrected chi connectivity index (χ4v) is 3.28. The molecule has 0 aromatic carbocycles. The molecule has 0 saturated heterocycles. The van der Waals surface area contributed by atoms with Crippen molar-refractivity contribution in [3.63, 3.8) is 0 Å². The highest BCUT2D eigenvalue weighted by Gasteiger charge is 2.14. The van der Waals surface area contributed by atoms with Crippen molar-refractivity contribution in [2.45, 2.75) is 149 Å². The SMILES string of the molecule is CC(C)[C@H](N)C(=O)O.CCCCCCCCCCCC(O)CCCCCCCC.CS(=O)(=O)O. The van der Waals surface area contributed by atoms with E-state index in [-0.39, 0.29) is 12.0 Å². The molecule has 0 aliphatic heterocycles. The minimum absolute atomic E-state index is 0.0208. The Labute approximate surface area is 211 Å². The molecule has 0 aromatic heterocycles. The minimum Gasteiger partial charge on any atom is -0.480 e. The van der Waals surface area contributed by atoms with E-state index in [9.17, 15) is 18.3 Å². The van der Waals surface area contributed by atoms with E-state index in [4.69, 9.17) is 15.4 Å². The monoisotopic (exact) mass is 511 g/mol. The summed E-state index contributed by atoms with van der Waals surface area (Å²) in [6.07, 6.45) is 23.1. The van der Waals surface area contributed by atoms with Crippen LogP contribution in [0.5, 0.6) is 0 Å². The van der Waals surface area contributed by atoms with Crippen molar-refractivity contribution in [3.8, 4) is 0 Å². The van der Waals surface area contributed by atoms with E-state index < -0.39 is 22.1 Å². The van der Waals surface area contributed by atoms with Crippen LogP contribution in [-0.2, 0) is 14.9 Å². The normalized spacial score (nSPS) is 12.9. The van der Waals surface area contributed by atoms with E-state index in [2.05, 4.69) is 13.8 Å². The van der Waals surface area contributed by atoms with Gasteiger partial charge in [0.15, 0.2) is 0 Å². The van der Waals surface area contributed by atoms with Gasteiger partial charge in [0.05, 0.1) is 12.4 Å². The Hall–Kier alpha value is -0.700. The molecule has 0 aliphatic carbocycles. The summed E-state index contributed by atoms with van der Waals surface area (Å²) in [5, 5.41) is 18.2. The van der Waals surface area contributed by atoms with Gasteiger partial charge in [-0.1, -0.05) is 124 Å². The number of nitrogens with two attached hydrogens (primary N) is 1. The van der Waals surface area contributed by atoms with Crippen LogP contribution in [0, 0.1) is 5.92 Å². The first-order chi connectivity index (χ1) is 15.9. The molecule has 0 radical (unpaired) electrons. The van der Waals surface area contributed by atoms with Gasteiger partial charge in [0.2, 0.25) is 0 Å². The molecule has 1 unspecified atom stereocenters. The van der Waals surface area contributed by atoms with Gasteiger partial charge >= 0.3 is 5.97 Å². The molecule has 8 heteroatoms. The fourth-order valence-electron chi connectivity index (χ4n) is 3.28. The first-order valence-corrected chi connectivity index (χ1v) is 15.3. The number of aliphatic carboxylic acids is 1. The Balaban J connectivity index is -0.000000603. The van der Waals surface area contributed by atoms with Gasteiger partial charge in [-0.2, -0.15) is 8.42 Å². The first kappa shape index (κ1) is 37.8. The van der Waals surface area contributed by atoms with Gasteiger partial charge < -0.3 is 15.9 Å². The first-order valence-electron chi connectivity index (χ1n) is 13.5. The number of hydrogen-bond acceptors (Lipinski definition) is 5. The second-order valence-electron chi connectivity index (χ2n) is 9.67. The third-order valence-corrected chi connectivity index (χ3v) is 5.54. The Morgan fingerprint density at radius 2 is 1.00 bits per heavy atom. The van der Waals surface area contributed by atoms with Crippen molar-refractivity contribution in [2.75, 3.05) is 6.26 Å². The average molecular weight is 512 g/mol. The number of hydrogen-bond donors (Lipinski definition) is 4. The molecule has 5 N–H and O–H groups in total. The van der Waals surface area contributed by atoms with Crippen LogP contribution in [0.4, 0.5) is 0 Å². The second-order valence-corrected chi connectivity index (χ2v) is 11.1. The van der Waals surface area contributed by atoms with Crippen molar-refractivity contribution in [2.24, 2.45) is 11.7 Å². The molecule has 0 saturated carbocycles. The van der Waals surface area contributed by atoms with Gasteiger partial charge in [-0.3, -0.25) is 9.35 Å². The summed E-state index contributed by atoms with van der Waals surface area (Å²) in [6, 6.07) is -0.713. The van der Waals surface area contributed by atoms with Crippen molar-refractivity contribution < 1.29 is 28.0 Å². The van der Waals surface area contributed by atoms with Crippen LogP contribution in [0.25, 0.3) is 0 Å². The molecular weight excluding hydrogens is 454 g/mol. The number of aliphatic hydroxyl groups is 1. The quantitative estimate of drug-likeness (QED) is 0.113. The fraction of sp³-hybridized carbons (Fsp3) is 0.962. The highest BCUT2D eigenvalue weighted by molar-refractivity contribution is 7.85. The van der Waals surface area contributed by atoms with Gasteiger partial charge in [0.25, 0.3) is 10.1 Å². The Morgan fingerprint density at radius 1 is 0.735 bits per heavy atom. The molecule has 0 heterocycles. The molecule has 0 fully saturated rings. The lowest BCUT2D eigenvalue weighted by molar-refractivity contribution is -0.139. The molecule has 0 spiro atoms. The van der Waals surface area contributed by atoms with E-state index in [1.54, 1.807) is 13.8 Å². The Bertz CT molecular complexity index is 517. The van der Waals surface area contributed by atoms with Crippen LogP contribution in [0.2, 0.25) is 0 Å². The summed E-state index contributed by atoms with van der Waals surface area (Å²) in [5.74, 6) is -0.910. The van der Waals surface area contributed by atoms with Crippen LogP contribution >= 0.6 is 0 Å². The number of rotatable bonds is 19. The molecule has 7 nitrogen and oxygen atoms in total. The maximum absolute atomic E-state index is 10.0. The van der Waals surface area contributed by atoms with Crippen LogP contribution in [-0.4, -0.2) is 47.6 Å². The second kappa shape index (κ2) is 26.9. The predicted molar refractivity (Wildman–Crippen MR) is 144 cm³/mol. The molecule has 2 atom stereocenters. The van der Waals surface area contributed by atoms with Gasteiger partial charge in [-0.15, -0.1) is 0 Å². The van der Waals surface area contributed by atoms with Crippen LogP contribution in [0.3, 0.4) is 0 Å². The maximum Gasteiger partial charge on any atom is 0.320 e. The Kier molecular flexibility index (Phi) is 29.9. The summed E-state index contributed by atoms with van der Waals surface area (Å²) in [6.45, 7) is 8.09. The smallest absolute Gasteiger partial charge is 0.320 e. The van der Waals surface area contributed by atoms with Crippen molar-refractivity contribution >= 4 is 16.1 Å². The largest absolute Gasteiger partial charge is 0.480 e. The van der Waals surface area contributed by atoms with Crippen LogP contribution in [0.15, 0.2) is 0 Å². The van der Waals surface area contributed by atoms with Gasteiger partial charge in [0.1, 0.15) is 6.04 Å². The van der Waals surface area contributed by atoms with Crippen molar-refractivity contribution in [3.05, 3.63) is 0 Å². The lowest BCUT2D eigenvalue weighted by Crippen LogP contribution is -2.34. The lowest BCUT2D eigenvalue weighted by atomic mass is 10.0. The number of unbranched alkanes of at least 4 members (excludes halogenated alkanes) is 13. The summed E-state index contributed by atoms with van der Waals surface area (Å²) >= 11 is 0. The van der Waals surface area contributed by atoms with Gasteiger partial charge in [-0.05, 0) is 18.8 Å². The van der Waals surface area contributed by atoms with Crippen molar-refractivity contribution in [1.29, 1.82) is 0 Å². The highest BCUT2D eigenvalue weighted by Crippen LogP contribution is 2.14. The summed E-state index contributed by atoms with van der Waals surface area (Å²) in [4.78, 5) is 10.0. The van der Waals surface area contributed by atoms with Crippen molar-refractivity contribution in [1.82, 2.24) is 0 Å². The third kappa shape index (κ3) is 41.5. The predicted octanol–water partition coefficient (Wildman–Crippen LogP) is 6.58. The average Bonchev–Trinajstić information content (AvgIpc) is 2.73. The molecule has 34 heavy (non-hydrogen) atoms.